The monoisotopic (exact) mass is 309 g/mol. The van der Waals surface area contributed by atoms with Crippen LogP contribution >= 0.6 is 0 Å². The zero-order valence-electron chi connectivity index (χ0n) is 14.4. The van der Waals surface area contributed by atoms with Gasteiger partial charge in [-0.05, 0) is 63.1 Å². The molecule has 0 atom stereocenters. The van der Waals surface area contributed by atoms with Crippen molar-refractivity contribution in [1.82, 2.24) is 9.78 Å². The lowest BCUT2D eigenvalue weighted by Crippen LogP contribution is -2.08. The molecule has 4 rings (SSSR count). The van der Waals surface area contributed by atoms with Crippen molar-refractivity contribution < 1.29 is 0 Å². The molecule has 0 amide bonds. The van der Waals surface area contributed by atoms with Crippen molar-refractivity contribution >= 4 is 5.82 Å². The number of aryl methyl sites for hydroxylation is 1. The molecule has 122 valence electrons. The summed E-state index contributed by atoms with van der Waals surface area (Å²) in [5.74, 6) is 1.94. The molecule has 1 fully saturated rings. The zero-order valence-corrected chi connectivity index (χ0v) is 14.4. The lowest BCUT2D eigenvalue weighted by molar-refractivity contribution is 0.663. The topological polar surface area (TPSA) is 29.9 Å². The molecule has 2 aliphatic rings. The molecule has 0 bridgehead atoms. The number of anilines is 1. The van der Waals surface area contributed by atoms with Gasteiger partial charge in [-0.2, -0.15) is 5.10 Å². The van der Waals surface area contributed by atoms with Crippen LogP contribution in [-0.4, -0.2) is 16.3 Å². The Balaban J connectivity index is 1.87. The van der Waals surface area contributed by atoms with Crippen molar-refractivity contribution in [2.45, 2.75) is 64.7 Å². The third kappa shape index (κ3) is 2.56. The molecule has 3 heteroatoms. The SMILES string of the molecule is Cc1cccc(-n2nc(C3CCCC3)c3c2NCCCC3)c1C. The normalized spacial score (nSPS) is 18.5. The predicted molar refractivity (Wildman–Crippen MR) is 95.7 cm³/mol. The average Bonchev–Trinajstić information content (AvgIpc) is 3.12. The van der Waals surface area contributed by atoms with Gasteiger partial charge >= 0.3 is 0 Å². The molecule has 0 unspecified atom stereocenters. The molecule has 1 aromatic carbocycles. The summed E-state index contributed by atoms with van der Waals surface area (Å²) in [6.45, 7) is 5.46. The van der Waals surface area contributed by atoms with E-state index >= 15 is 0 Å². The summed E-state index contributed by atoms with van der Waals surface area (Å²) >= 11 is 0. The zero-order chi connectivity index (χ0) is 15.8. The van der Waals surface area contributed by atoms with E-state index in [2.05, 4.69) is 42.0 Å². The van der Waals surface area contributed by atoms with Gasteiger partial charge < -0.3 is 5.32 Å². The molecule has 1 aliphatic heterocycles. The first kappa shape index (κ1) is 14.8. The molecule has 0 spiro atoms. The van der Waals surface area contributed by atoms with Crippen molar-refractivity contribution in [3.8, 4) is 5.69 Å². The van der Waals surface area contributed by atoms with E-state index in [1.54, 1.807) is 0 Å². The van der Waals surface area contributed by atoms with Gasteiger partial charge in [0.05, 0.1) is 11.4 Å². The maximum atomic E-state index is 5.14. The van der Waals surface area contributed by atoms with Gasteiger partial charge in [-0.3, -0.25) is 0 Å². The number of nitrogens with one attached hydrogen (secondary N) is 1. The lowest BCUT2D eigenvalue weighted by atomic mass is 9.97. The fraction of sp³-hybridized carbons (Fsp3) is 0.550. The van der Waals surface area contributed by atoms with Crippen LogP contribution in [0.5, 0.6) is 0 Å². The van der Waals surface area contributed by atoms with E-state index in [0.717, 1.165) is 6.54 Å². The van der Waals surface area contributed by atoms with Crippen LogP contribution in [0.25, 0.3) is 5.69 Å². The van der Waals surface area contributed by atoms with Crippen LogP contribution < -0.4 is 5.32 Å². The third-order valence-corrected chi connectivity index (χ3v) is 5.71. The second kappa shape index (κ2) is 6.03. The van der Waals surface area contributed by atoms with Crippen LogP contribution in [0.15, 0.2) is 18.2 Å². The standard InChI is InChI=1S/C20H27N3/c1-14-8-7-12-18(15(14)2)23-20-17(11-5-6-13-21-20)19(22-23)16-9-3-4-10-16/h7-8,12,16,21H,3-6,9-11,13H2,1-2H3. The van der Waals surface area contributed by atoms with Gasteiger partial charge in [0.1, 0.15) is 5.82 Å². The van der Waals surface area contributed by atoms with Gasteiger partial charge in [-0.1, -0.05) is 25.0 Å². The number of rotatable bonds is 2. The number of fused-ring (bicyclic) bond motifs is 1. The summed E-state index contributed by atoms with van der Waals surface area (Å²) in [6, 6.07) is 6.55. The quantitative estimate of drug-likeness (QED) is 0.855. The van der Waals surface area contributed by atoms with Crippen LogP contribution in [-0.2, 0) is 6.42 Å². The van der Waals surface area contributed by atoms with E-state index in [1.807, 2.05) is 0 Å². The second-order valence-electron chi connectivity index (χ2n) is 7.21. The highest BCUT2D eigenvalue weighted by molar-refractivity contribution is 5.57. The van der Waals surface area contributed by atoms with E-state index in [9.17, 15) is 0 Å². The minimum absolute atomic E-state index is 0.676. The van der Waals surface area contributed by atoms with Crippen LogP contribution in [0.2, 0.25) is 0 Å². The van der Waals surface area contributed by atoms with Crippen LogP contribution in [0.1, 0.15) is 66.8 Å². The highest BCUT2D eigenvalue weighted by atomic mass is 15.3. The van der Waals surface area contributed by atoms with Crippen molar-refractivity contribution in [2.24, 2.45) is 0 Å². The van der Waals surface area contributed by atoms with E-state index in [0.29, 0.717) is 5.92 Å². The Morgan fingerprint density at radius 3 is 2.74 bits per heavy atom. The number of hydrogen-bond donors (Lipinski definition) is 1. The molecule has 1 aromatic heterocycles. The van der Waals surface area contributed by atoms with E-state index in [4.69, 9.17) is 5.10 Å². The van der Waals surface area contributed by atoms with Crippen molar-refractivity contribution in [1.29, 1.82) is 0 Å². The molecular formula is C20H27N3. The number of aromatic nitrogens is 2. The molecule has 2 heterocycles. The van der Waals surface area contributed by atoms with Crippen LogP contribution in [0, 0.1) is 13.8 Å². The Bertz CT molecular complexity index is 708. The Hall–Kier alpha value is -1.77. The first-order valence-corrected chi connectivity index (χ1v) is 9.18. The predicted octanol–water partition coefficient (Wildman–Crippen LogP) is 4.89. The van der Waals surface area contributed by atoms with Gasteiger partial charge in [0, 0.05) is 18.0 Å². The number of benzene rings is 1. The average molecular weight is 309 g/mol. The van der Waals surface area contributed by atoms with Crippen molar-refractivity contribution in [3.05, 3.63) is 40.6 Å². The molecule has 0 saturated heterocycles. The summed E-state index contributed by atoms with van der Waals surface area (Å²) in [5, 5.41) is 8.83. The van der Waals surface area contributed by atoms with E-state index < -0.39 is 0 Å². The Morgan fingerprint density at radius 1 is 1.09 bits per heavy atom. The lowest BCUT2D eigenvalue weighted by Gasteiger charge is -2.13. The van der Waals surface area contributed by atoms with Gasteiger partial charge in [0.15, 0.2) is 0 Å². The van der Waals surface area contributed by atoms with Crippen molar-refractivity contribution in [3.63, 3.8) is 0 Å². The molecule has 3 nitrogen and oxygen atoms in total. The smallest absolute Gasteiger partial charge is 0.133 e. The fourth-order valence-corrected chi connectivity index (χ4v) is 4.20. The summed E-state index contributed by atoms with van der Waals surface area (Å²) < 4.78 is 2.20. The maximum absolute atomic E-state index is 5.14. The largest absolute Gasteiger partial charge is 0.370 e. The van der Waals surface area contributed by atoms with Crippen LogP contribution in [0.4, 0.5) is 5.82 Å². The van der Waals surface area contributed by atoms with Crippen LogP contribution in [0.3, 0.4) is 0 Å². The molecule has 1 saturated carbocycles. The molecule has 1 aliphatic carbocycles. The maximum Gasteiger partial charge on any atom is 0.133 e. The first-order valence-electron chi connectivity index (χ1n) is 9.18. The van der Waals surface area contributed by atoms with Crippen molar-refractivity contribution in [2.75, 3.05) is 11.9 Å². The molecule has 1 N–H and O–H groups in total. The summed E-state index contributed by atoms with van der Waals surface area (Å²) in [6.07, 6.45) is 9.07. The minimum atomic E-state index is 0.676. The van der Waals surface area contributed by atoms with Gasteiger partial charge in [0.25, 0.3) is 0 Å². The highest BCUT2D eigenvalue weighted by Gasteiger charge is 2.28. The summed E-state index contributed by atoms with van der Waals surface area (Å²) in [5.41, 5.74) is 6.78. The number of hydrogen-bond acceptors (Lipinski definition) is 2. The molecule has 0 radical (unpaired) electrons. The van der Waals surface area contributed by atoms with Gasteiger partial charge in [-0.25, -0.2) is 4.68 Å². The molecular weight excluding hydrogens is 282 g/mol. The number of nitrogens with zero attached hydrogens (tertiary/aromatic N) is 2. The Morgan fingerprint density at radius 2 is 1.91 bits per heavy atom. The molecule has 23 heavy (non-hydrogen) atoms. The second-order valence-corrected chi connectivity index (χ2v) is 7.21. The molecule has 2 aromatic rings. The van der Waals surface area contributed by atoms with Gasteiger partial charge in [0.2, 0.25) is 0 Å². The fourth-order valence-electron chi connectivity index (χ4n) is 4.20. The van der Waals surface area contributed by atoms with Gasteiger partial charge in [-0.15, -0.1) is 0 Å². The third-order valence-electron chi connectivity index (χ3n) is 5.71. The highest BCUT2D eigenvalue weighted by Crippen LogP contribution is 2.39. The first-order chi connectivity index (χ1) is 11.3. The summed E-state index contributed by atoms with van der Waals surface area (Å²) in [4.78, 5) is 0. The van der Waals surface area contributed by atoms with E-state index in [-0.39, 0.29) is 0 Å². The Labute approximate surface area is 139 Å². The summed E-state index contributed by atoms with van der Waals surface area (Å²) in [7, 11) is 0. The minimum Gasteiger partial charge on any atom is -0.370 e. The Kier molecular flexibility index (Phi) is 3.88. The van der Waals surface area contributed by atoms with E-state index in [1.165, 1.54) is 78.8 Å².